The predicted octanol–water partition coefficient (Wildman–Crippen LogP) is 2.83. The van der Waals surface area contributed by atoms with E-state index in [1.807, 2.05) is 56.3 Å². The van der Waals surface area contributed by atoms with Crippen molar-refractivity contribution < 1.29 is 9.53 Å². The number of carbonyl (C=O) groups excluding carboxylic acids is 1. The van der Waals surface area contributed by atoms with Crippen LogP contribution < -0.4 is 10.1 Å². The Hall–Kier alpha value is -2.54. The molecule has 4 heteroatoms. The number of nitrogens with zero attached hydrogens (tertiary/aromatic N) is 1. The van der Waals surface area contributed by atoms with Gasteiger partial charge in [0.1, 0.15) is 17.4 Å². The van der Waals surface area contributed by atoms with Crippen LogP contribution in [0, 0.1) is 11.3 Å². The Kier molecular flexibility index (Phi) is 4.13. The van der Waals surface area contributed by atoms with Gasteiger partial charge in [0.05, 0.1) is 7.11 Å². The number of methoxy groups -OCH3 is 1. The van der Waals surface area contributed by atoms with Gasteiger partial charge in [0, 0.05) is 5.54 Å². The molecule has 1 aliphatic heterocycles. The van der Waals surface area contributed by atoms with E-state index in [1.54, 1.807) is 7.11 Å². The van der Waals surface area contributed by atoms with Crippen LogP contribution in [-0.4, -0.2) is 18.6 Å². The fourth-order valence-corrected chi connectivity index (χ4v) is 2.30. The molecule has 1 aliphatic rings. The zero-order valence-corrected chi connectivity index (χ0v) is 12.4. The largest absolute Gasteiger partial charge is 0.497 e. The molecule has 21 heavy (non-hydrogen) atoms. The van der Waals surface area contributed by atoms with Gasteiger partial charge in [0.15, 0.2) is 0 Å². The Morgan fingerprint density at radius 3 is 2.52 bits per heavy atom. The average molecular weight is 282 g/mol. The molecule has 2 rings (SSSR count). The number of allylic oxidation sites excluding steroid dienone is 1. The molecule has 0 atom stereocenters. The van der Waals surface area contributed by atoms with Gasteiger partial charge < -0.3 is 10.1 Å². The Morgan fingerprint density at radius 2 is 1.95 bits per heavy atom. The van der Waals surface area contributed by atoms with Crippen molar-refractivity contribution in [2.45, 2.75) is 25.8 Å². The summed E-state index contributed by atoms with van der Waals surface area (Å²) in [6.45, 7) is 3.89. The minimum atomic E-state index is -0.336. The first-order chi connectivity index (χ1) is 9.95. The maximum Gasteiger partial charge on any atom is 0.262 e. The van der Waals surface area contributed by atoms with Gasteiger partial charge in [-0.15, -0.1) is 0 Å². The predicted molar refractivity (Wildman–Crippen MR) is 81.5 cm³/mol. The van der Waals surface area contributed by atoms with Gasteiger partial charge in [0.2, 0.25) is 0 Å². The van der Waals surface area contributed by atoms with Crippen LogP contribution in [0.15, 0.2) is 41.5 Å². The smallest absolute Gasteiger partial charge is 0.262 e. The van der Waals surface area contributed by atoms with Crippen molar-refractivity contribution in [3.05, 3.63) is 47.1 Å². The fourth-order valence-electron chi connectivity index (χ4n) is 2.30. The monoisotopic (exact) mass is 282 g/mol. The molecule has 0 radical (unpaired) electrons. The lowest BCUT2D eigenvalue weighted by Crippen LogP contribution is -2.47. The van der Waals surface area contributed by atoms with E-state index in [2.05, 4.69) is 5.32 Å². The van der Waals surface area contributed by atoms with Crippen LogP contribution in [0.4, 0.5) is 0 Å². The SMILES string of the molecule is COc1ccc(/C=C/C2=C(C#N)C(=O)NC(C)(C)C2)cc1. The third kappa shape index (κ3) is 3.51. The number of nitriles is 1. The van der Waals surface area contributed by atoms with E-state index in [4.69, 9.17) is 10.00 Å². The summed E-state index contributed by atoms with van der Waals surface area (Å²) in [5, 5.41) is 12.0. The molecule has 0 saturated heterocycles. The van der Waals surface area contributed by atoms with Crippen molar-refractivity contribution in [3.8, 4) is 11.8 Å². The highest BCUT2D eigenvalue weighted by Gasteiger charge is 2.30. The Morgan fingerprint density at radius 1 is 1.29 bits per heavy atom. The highest BCUT2D eigenvalue weighted by molar-refractivity contribution is 6.00. The summed E-state index contributed by atoms with van der Waals surface area (Å²) in [5.74, 6) is 0.491. The van der Waals surface area contributed by atoms with Gasteiger partial charge in [0.25, 0.3) is 5.91 Å². The summed E-state index contributed by atoms with van der Waals surface area (Å²) in [6.07, 6.45) is 4.38. The van der Waals surface area contributed by atoms with E-state index in [9.17, 15) is 4.79 Å². The van der Waals surface area contributed by atoms with Crippen LogP contribution in [0.1, 0.15) is 25.8 Å². The van der Waals surface area contributed by atoms with E-state index in [0.29, 0.717) is 6.42 Å². The topological polar surface area (TPSA) is 62.1 Å². The summed E-state index contributed by atoms with van der Waals surface area (Å²) in [5.41, 5.74) is 1.61. The molecule has 1 N–H and O–H groups in total. The van der Waals surface area contributed by atoms with Crippen LogP contribution in [0.3, 0.4) is 0 Å². The molecule has 0 unspecified atom stereocenters. The minimum Gasteiger partial charge on any atom is -0.497 e. The number of hydrogen-bond acceptors (Lipinski definition) is 3. The van der Waals surface area contributed by atoms with Crippen molar-refractivity contribution in [1.29, 1.82) is 5.26 Å². The number of amides is 1. The van der Waals surface area contributed by atoms with Crippen LogP contribution in [0.5, 0.6) is 5.75 Å². The normalized spacial score (nSPS) is 17.5. The first kappa shape index (κ1) is 14.9. The van der Waals surface area contributed by atoms with Crippen molar-refractivity contribution in [1.82, 2.24) is 5.32 Å². The average Bonchev–Trinajstić information content (AvgIpc) is 2.44. The van der Waals surface area contributed by atoms with Crippen molar-refractivity contribution in [3.63, 3.8) is 0 Å². The second-order valence-corrected chi connectivity index (χ2v) is 5.63. The Labute approximate surface area is 124 Å². The molecule has 0 fully saturated rings. The number of carbonyl (C=O) groups is 1. The number of benzene rings is 1. The van der Waals surface area contributed by atoms with Gasteiger partial charge >= 0.3 is 0 Å². The number of rotatable bonds is 3. The summed E-state index contributed by atoms with van der Waals surface area (Å²) in [4.78, 5) is 11.9. The molecule has 108 valence electrons. The first-order valence-electron chi connectivity index (χ1n) is 6.73. The second-order valence-electron chi connectivity index (χ2n) is 5.63. The van der Waals surface area contributed by atoms with Gasteiger partial charge in [-0.25, -0.2) is 0 Å². The van der Waals surface area contributed by atoms with E-state index < -0.39 is 0 Å². The molecule has 0 aromatic heterocycles. The Balaban J connectivity index is 2.28. The lowest BCUT2D eigenvalue weighted by molar-refractivity contribution is -0.119. The number of ether oxygens (including phenoxy) is 1. The molecule has 0 spiro atoms. The van der Waals surface area contributed by atoms with E-state index in [0.717, 1.165) is 16.9 Å². The highest BCUT2D eigenvalue weighted by atomic mass is 16.5. The summed E-state index contributed by atoms with van der Waals surface area (Å²) < 4.78 is 5.11. The van der Waals surface area contributed by atoms with Crippen LogP contribution in [0.2, 0.25) is 0 Å². The zero-order valence-electron chi connectivity index (χ0n) is 12.4. The van der Waals surface area contributed by atoms with Crippen molar-refractivity contribution >= 4 is 12.0 Å². The molecule has 1 heterocycles. The number of hydrogen-bond donors (Lipinski definition) is 1. The molecule has 1 amide bonds. The Bertz CT molecular complexity index is 646. The van der Waals surface area contributed by atoms with E-state index in [-0.39, 0.29) is 17.0 Å². The maximum absolute atomic E-state index is 11.9. The van der Waals surface area contributed by atoms with Gasteiger partial charge in [-0.3, -0.25) is 4.79 Å². The van der Waals surface area contributed by atoms with Crippen LogP contribution in [-0.2, 0) is 4.79 Å². The molecule has 0 saturated carbocycles. The van der Waals surface area contributed by atoms with E-state index in [1.165, 1.54) is 0 Å². The maximum atomic E-state index is 11.9. The van der Waals surface area contributed by atoms with Gasteiger partial charge in [-0.1, -0.05) is 24.3 Å². The van der Waals surface area contributed by atoms with Gasteiger partial charge in [-0.2, -0.15) is 5.26 Å². The minimum absolute atomic E-state index is 0.194. The van der Waals surface area contributed by atoms with Crippen LogP contribution in [0.25, 0.3) is 6.08 Å². The zero-order chi connectivity index (χ0) is 15.5. The molecule has 1 aromatic carbocycles. The standard InChI is InChI=1S/C17H18N2O2/c1-17(2)10-13(15(11-18)16(20)19-17)7-4-12-5-8-14(21-3)9-6-12/h4-9H,10H2,1-3H3,(H,19,20)/b7-4+. The van der Waals surface area contributed by atoms with E-state index >= 15 is 0 Å². The van der Waals surface area contributed by atoms with Crippen LogP contribution >= 0.6 is 0 Å². The molecular weight excluding hydrogens is 264 g/mol. The third-order valence-electron chi connectivity index (χ3n) is 3.34. The van der Waals surface area contributed by atoms with Crippen molar-refractivity contribution in [2.75, 3.05) is 7.11 Å². The lowest BCUT2D eigenvalue weighted by atomic mass is 9.87. The first-order valence-corrected chi connectivity index (χ1v) is 6.73. The second kappa shape index (κ2) is 5.84. The van der Waals surface area contributed by atoms with Crippen molar-refractivity contribution in [2.24, 2.45) is 0 Å². The van der Waals surface area contributed by atoms with Gasteiger partial charge in [-0.05, 0) is 43.5 Å². The summed E-state index contributed by atoms with van der Waals surface area (Å²) >= 11 is 0. The third-order valence-corrected chi connectivity index (χ3v) is 3.34. The molecule has 0 aliphatic carbocycles. The highest BCUT2D eigenvalue weighted by Crippen LogP contribution is 2.26. The summed E-state index contributed by atoms with van der Waals surface area (Å²) in [6, 6.07) is 9.59. The molecular formula is C17H18N2O2. The fraction of sp³-hybridized carbons (Fsp3) is 0.294. The molecule has 0 bridgehead atoms. The number of nitrogens with one attached hydrogen (secondary N) is 1. The summed E-state index contributed by atoms with van der Waals surface area (Å²) in [7, 11) is 1.62. The molecule has 4 nitrogen and oxygen atoms in total. The lowest BCUT2D eigenvalue weighted by Gasteiger charge is -2.31. The quantitative estimate of drug-likeness (QED) is 0.927. The molecule has 1 aromatic rings.